The smallest absolute Gasteiger partial charge is 0.252 e. The van der Waals surface area contributed by atoms with Gasteiger partial charge in [0.1, 0.15) is 5.75 Å². The zero-order chi connectivity index (χ0) is 20.2. The lowest BCUT2D eigenvalue weighted by Gasteiger charge is -2.22. The molecule has 0 bridgehead atoms. The molecule has 0 aliphatic rings. The number of hydrogen-bond acceptors (Lipinski definition) is 4. The standard InChI is InChI=1S/C20H26N2O4S/c1-6-18(15-10-12-16(26-4)13-11-15)21-20(23)17-8-7-9-19(14(17)2)22(3)27(5,24)25/h7-13,18H,6H2,1-5H3,(H,21,23). The number of sulfonamides is 1. The third-order valence-electron chi connectivity index (χ3n) is 4.62. The SMILES string of the molecule is CCC(NC(=O)c1cccc(N(C)S(C)(=O)=O)c1C)c1ccc(OC)cc1. The van der Waals surface area contributed by atoms with Gasteiger partial charge in [0.25, 0.3) is 5.91 Å². The Morgan fingerprint density at radius 1 is 1.19 bits per heavy atom. The molecule has 0 heterocycles. The van der Waals surface area contributed by atoms with Crippen molar-refractivity contribution in [3.05, 3.63) is 59.2 Å². The van der Waals surface area contributed by atoms with E-state index < -0.39 is 10.0 Å². The van der Waals surface area contributed by atoms with Crippen LogP contribution in [0.15, 0.2) is 42.5 Å². The second kappa shape index (κ2) is 8.43. The van der Waals surface area contributed by atoms with Crippen molar-refractivity contribution in [3.8, 4) is 5.75 Å². The number of hydrogen-bond donors (Lipinski definition) is 1. The van der Waals surface area contributed by atoms with Crippen LogP contribution < -0.4 is 14.4 Å². The number of amides is 1. The van der Waals surface area contributed by atoms with Crippen molar-refractivity contribution in [1.29, 1.82) is 0 Å². The van der Waals surface area contributed by atoms with Gasteiger partial charge in [-0.25, -0.2) is 8.42 Å². The molecule has 6 nitrogen and oxygen atoms in total. The Kier molecular flexibility index (Phi) is 6.49. The molecule has 0 aliphatic carbocycles. The van der Waals surface area contributed by atoms with Gasteiger partial charge in [0.15, 0.2) is 0 Å². The van der Waals surface area contributed by atoms with Crippen LogP contribution in [0, 0.1) is 6.92 Å². The fourth-order valence-electron chi connectivity index (χ4n) is 2.88. The number of ether oxygens (including phenoxy) is 1. The average Bonchev–Trinajstić information content (AvgIpc) is 2.65. The first-order valence-corrected chi connectivity index (χ1v) is 10.5. The van der Waals surface area contributed by atoms with Crippen LogP contribution in [-0.4, -0.2) is 34.7 Å². The average molecular weight is 391 g/mol. The van der Waals surface area contributed by atoms with Crippen molar-refractivity contribution < 1.29 is 17.9 Å². The normalized spacial score (nSPS) is 12.3. The molecule has 2 rings (SSSR count). The molecular weight excluding hydrogens is 364 g/mol. The van der Waals surface area contributed by atoms with E-state index in [1.165, 1.54) is 11.4 Å². The summed E-state index contributed by atoms with van der Waals surface area (Å²) < 4.78 is 30.0. The van der Waals surface area contributed by atoms with Gasteiger partial charge in [-0.1, -0.05) is 25.1 Å². The number of carbonyl (C=O) groups is 1. The Balaban J connectivity index is 2.28. The van der Waals surface area contributed by atoms with E-state index in [1.807, 2.05) is 31.2 Å². The number of nitrogens with zero attached hydrogens (tertiary/aromatic N) is 1. The first-order valence-electron chi connectivity index (χ1n) is 8.67. The van der Waals surface area contributed by atoms with E-state index in [-0.39, 0.29) is 11.9 Å². The highest BCUT2D eigenvalue weighted by Crippen LogP contribution is 2.25. The third kappa shape index (κ3) is 4.80. The summed E-state index contributed by atoms with van der Waals surface area (Å²) in [6, 6.07) is 12.5. The van der Waals surface area contributed by atoms with Gasteiger partial charge in [0.2, 0.25) is 10.0 Å². The van der Waals surface area contributed by atoms with Crippen molar-refractivity contribution in [2.75, 3.05) is 24.7 Å². The molecule has 0 radical (unpaired) electrons. The predicted molar refractivity (Wildman–Crippen MR) is 108 cm³/mol. The summed E-state index contributed by atoms with van der Waals surface area (Å²) in [5, 5.41) is 3.03. The van der Waals surface area contributed by atoms with E-state index >= 15 is 0 Å². The summed E-state index contributed by atoms with van der Waals surface area (Å²) in [6.07, 6.45) is 1.86. The topological polar surface area (TPSA) is 75.7 Å². The maximum Gasteiger partial charge on any atom is 0.252 e. The lowest BCUT2D eigenvalue weighted by atomic mass is 10.0. The van der Waals surface area contributed by atoms with Crippen LogP contribution in [0.25, 0.3) is 0 Å². The highest BCUT2D eigenvalue weighted by Gasteiger charge is 2.20. The second-order valence-electron chi connectivity index (χ2n) is 6.39. The highest BCUT2D eigenvalue weighted by molar-refractivity contribution is 7.92. The van der Waals surface area contributed by atoms with Crippen molar-refractivity contribution in [3.63, 3.8) is 0 Å². The molecule has 1 atom stereocenters. The van der Waals surface area contributed by atoms with Crippen LogP contribution in [0.2, 0.25) is 0 Å². The van der Waals surface area contributed by atoms with Crippen molar-refractivity contribution in [2.24, 2.45) is 0 Å². The summed E-state index contributed by atoms with van der Waals surface area (Å²) in [7, 11) is -0.322. The Hall–Kier alpha value is -2.54. The lowest BCUT2D eigenvalue weighted by molar-refractivity contribution is 0.0935. The van der Waals surface area contributed by atoms with Crippen LogP contribution in [-0.2, 0) is 10.0 Å². The number of rotatable bonds is 7. The molecule has 2 aromatic carbocycles. The number of carbonyl (C=O) groups excluding carboxylic acids is 1. The maximum atomic E-state index is 12.9. The molecule has 1 unspecified atom stereocenters. The molecule has 1 N–H and O–H groups in total. The van der Waals surface area contributed by atoms with Gasteiger partial charge in [-0.3, -0.25) is 9.10 Å². The molecule has 0 fully saturated rings. The van der Waals surface area contributed by atoms with E-state index in [4.69, 9.17) is 4.74 Å². The fourth-order valence-corrected chi connectivity index (χ4v) is 3.44. The number of nitrogens with one attached hydrogen (secondary N) is 1. The van der Waals surface area contributed by atoms with Crippen LogP contribution in [0.1, 0.15) is 40.9 Å². The molecule has 2 aromatic rings. The van der Waals surface area contributed by atoms with E-state index in [2.05, 4.69) is 5.32 Å². The second-order valence-corrected chi connectivity index (χ2v) is 8.40. The fraction of sp³-hybridized carbons (Fsp3) is 0.350. The van der Waals surface area contributed by atoms with Gasteiger partial charge < -0.3 is 10.1 Å². The lowest BCUT2D eigenvalue weighted by Crippen LogP contribution is -2.30. The van der Waals surface area contributed by atoms with Gasteiger partial charge in [0.05, 0.1) is 25.1 Å². The van der Waals surface area contributed by atoms with Gasteiger partial charge in [-0.05, 0) is 48.7 Å². The Labute approximate surface area is 161 Å². The molecule has 27 heavy (non-hydrogen) atoms. The minimum absolute atomic E-state index is 0.154. The molecule has 0 saturated carbocycles. The van der Waals surface area contributed by atoms with E-state index in [0.717, 1.165) is 24.0 Å². The number of benzene rings is 2. The molecule has 7 heteroatoms. The Morgan fingerprint density at radius 2 is 1.81 bits per heavy atom. The van der Waals surface area contributed by atoms with Gasteiger partial charge in [-0.2, -0.15) is 0 Å². The minimum Gasteiger partial charge on any atom is -0.497 e. The van der Waals surface area contributed by atoms with Crippen molar-refractivity contribution in [2.45, 2.75) is 26.3 Å². The summed E-state index contributed by atoms with van der Waals surface area (Å²) >= 11 is 0. The van der Waals surface area contributed by atoms with Crippen LogP contribution in [0.4, 0.5) is 5.69 Å². The first kappa shape index (κ1) is 20.8. The maximum absolute atomic E-state index is 12.9. The van der Waals surface area contributed by atoms with E-state index in [0.29, 0.717) is 16.8 Å². The van der Waals surface area contributed by atoms with Crippen LogP contribution >= 0.6 is 0 Å². The highest BCUT2D eigenvalue weighted by atomic mass is 32.2. The summed E-state index contributed by atoms with van der Waals surface area (Å²) in [5.74, 6) is 0.520. The first-order chi connectivity index (χ1) is 12.7. The zero-order valence-corrected chi connectivity index (χ0v) is 17.1. The van der Waals surface area contributed by atoms with E-state index in [9.17, 15) is 13.2 Å². The quantitative estimate of drug-likeness (QED) is 0.787. The monoisotopic (exact) mass is 390 g/mol. The summed E-state index contributed by atoms with van der Waals surface area (Å²) in [4.78, 5) is 12.9. The molecule has 0 aromatic heterocycles. The van der Waals surface area contributed by atoms with Gasteiger partial charge >= 0.3 is 0 Å². The summed E-state index contributed by atoms with van der Waals surface area (Å²) in [5.41, 5.74) is 2.54. The summed E-state index contributed by atoms with van der Waals surface area (Å²) in [6.45, 7) is 3.75. The minimum atomic E-state index is -3.41. The van der Waals surface area contributed by atoms with Crippen LogP contribution in [0.3, 0.4) is 0 Å². The van der Waals surface area contributed by atoms with Crippen molar-refractivity contribution in [1.82, 2.24) is 5.32 Å². The zero-order valence-electron chi connectivity index (χ0n) is 16.3. The Bertz CT molecular complexity index is 908. The molecule has 146 valence electrons. The van der Waals surface area contributed by atoms with Gasteiger partial charge in [-0.15, -0.1) is 0 Å². The molecular formula is C20H26N2O4S. The van der Waals surface area contributed by atoms with Crippen LogP contribution in [0.5, 0.6) is 5.75 Å². The predicted octanol–water partition coefficient (Wildman–Crippen LogP) is 3.28. The number of anilines is 1. The van der Waals surface area contributed by atoms with Crippen molar-refractivity contribution >= 4 is 21.6 Å². The third-order valence-corrected chi connectivity index (χ3v) is 5.81. The molecule has 1 amide bonds. The van der Waals surface area contributed by atoms with Gasteiger partial charge in [0, 0.05) is 12.6 Å². The molecule has 0 aliphatic heterocycles. The Morgan fingerprint density at radius 3 is 2.33 bits per heavy atom. The number of methoxy groups -OCH3 is 1. The molecule has 0 saturated heterocycles. The largest absolute Gasteiger partial charge is 0.497 e. The molecule has 0 spiro atoms. The van der Waals surface area contributed by atoms with E-state index in [1.54, 1.807) is 32.2 Å².